The van der Waals surface area contributed by atoms with Crippen LogP contribution < -0.4 is 21.1 Å². The second-order valence-electron chi connectivity index (χ2n) is 6.67. The molecule has 0 fully saturated rings. The van der Waals surface area contributed by atoms with Gasteiger partial charge >= 0.3 is 12.0 Å². The SMILES string of the molecule is Cl.NC(CCCCNS(=O)(=O)c1c(Cl)ccc(NC(=O)Nc2ccccc2Br)c1O)C(=O)O. The topological polar surface area (TPSA) is 171 Å². The average Bonchev–Trinajstić information content (AvgIpc) is 2.71. The van der Waals surface area contributed by atoms with Crippen molar-refractivity contribution in [1.82, 2.24) is 4.72 Å². The number of benzene rings is 2. The van der Waals surface area contributed by atoms with Gasteiger partial charge in [0.25, 0.3) is 0 Å². The fourth-order valence-corrected chi connectivity index (χ4v) is 4.72. The zero-order valence-electron chi connectivity index (χ0n) is 17.0. The van der Waals surface area contributed by atoms with Gasteiger partial charge < -0.3 is 26.6 Å². The molecule has 0 aromatic heterocycles. The molecule has 0 aliphatic heterocycles. The van der Waals surface area contributed by atoms with Crippen LogP contribution in [0.4, 0.5) is 16.2 Å². The summed E-state index contributed by atoms with van der Waals surface area (Å²) < 4.78 is 28.2. The number of nitrogens with two attached hydrogens (primary N) is 1. The molecule has 33 heavy (non-hydrogen) atoms. The van der Waals surface area contributed by atoms with Gasteiger partial charge in [-0.1, -0.05) is 30.2 Å². The summed E-state index contributed by atoms with van der Waals surface area (Å²) in [7, 11) is -4.22. The van der Waals surface area contributed by atoms with Gasteiger partial charge in [-0.2, -0.15) is 0 Å². The van der Waals surface area contributed by atoms with Crippen molar-refractivity contribution in [3.05, 3.63) is 45.9 Å². The van der Waals surface area contributed by atoms with E-state index in [-0.39, 0.29) is 36.1 Å². The van der Waals surface area contributed by atoms with Crippen LogP contribution in [0.1, 0.15) is 19.3 Å². The van der Waals surface area contributed by atoms with E-state index in [4.69, 9.17) is 22.4 Å². The summed E-state index contributed by atoms with van der Waals surface area (Å²) in [5.41, 5.74) is 5.71. The Hall–Kier alpha value is -2.09. The monoisotopic (exact) mass is 584 g/mol. The summed E-state index contributed by atoms with van der Waals surface area (Å²) in [6.07, 6.45) is 0.895. The number of halogens is 3. The number of aliphatic carboxylic acids is 1. The molecule has 0 saturated heterocycles. The number of unbranched alkanes of at least 4 members (excludes halogenated alkanes) is 1. The van der Waals surface area contributed by atoms with E-state index in [0.29, 0.717) is 23.0 Å². The number of para-hydroxylation sites is 1. The van der Waals surface area contributed by atoms with Crippen LogP contribution in [0.15, 0.2) is 45.8 Å². The van der Waals surface area contributed by atoms with Gasteiger partial charge in [0.1, 0.15) is 10.9 Å². The first-order valence-electron chi connectivity index (χ1n) is 9.35. The molecule has 10 nitrogen and oxygen atoms in total. The molecule has 0 aliphatic carbocycles. The number of phenolic OH excluding ortho intramolecular Hbond substituents is 1. The van der Waals surface area contributed by atoms with E-state index in [1.54, 1.807) is 24.3 Å². The number of hydrogen-bond donors (Lipinski definition) is 6. The van der Waals surface area contributed by atoms with E-state index in [2.05, 4.69) is 31.3 Å². The fourth-order valence-electron chi connectivity index (χ4n) is 2.63. The van der Waals surface area contributed by atoms with E-state index in [1.807, 2.05) is 0 Å². The summed E-state index contributed by atoms with van der Waals surface area (Å²) in [5.74, 6) is -1.85. The molecular weight excluding hydrogens is 563 g/mol. The molecule has 2 aromatic carbocycles. The molecule has 2 rings (SSSR count). The zero-order valence-corrected chi connectivity index (χ0v) is 21.0. The van der Waals surface area contributed by atoms with Gasteiger partial charge in [0.05, 0.1) is 16.4 Å². The van der Waals surface area contributed by atoms with Gasteiger partial charge in [0, 0.05) is 11.0 Å². The highest BCUT2D eigenvalue weighted by molar-refractivity contribution is 9.10. The zero-order chi connectivity index (χ0) is 23.9. The Bertz CT molecular complexity index is 1100. The summed E-state index contributed by atoms with van der Waals surface area (Å²) in [6.45, 7) is -0.0232. The second kappa shape index (κ2) is 13.0. The third-order valence-electron chi connectivity index (χ3n) is 4.27. The maximum Gasteiger partial charge on any atom is 0.323 e. The smallest absolute Gasteiger partial charge is 0.323 e. The Morgan fingerprint density at radius 2 is 1.73 bits per heavy atom. The Balaban J connectivity index is 0.00000544. The number of carboxylic acids is 1. The number of urea groups is 1. The van der Waals surface area contributed by atoms with E-state index in [9.17, 15) is 23.1 Å². The summed E-state index contributed by atoms with van der Waals surface area (Å²) >= 11 is 9.28. The lowest BCUT2D eigenvalue weighted by molar-refractivity contribution is -0.138. The number of anilines is 2. The number of carboxylic acid groups (broad SMARTS) is 1. The van der Waals surface area contributed by atoms with Crippen LogP contribution in [0.2, 0.25) is 5.02 Å². The lowest BCUT2D eigenvalue weighted by atomic mass is 10.1. The van der Waals surface area contributed by atoms with Gasteiger partial charge in [0.15, 0.2) is 5.75 Å². The van der Waals surface area contributed by atoms with Gasteiger partial charge in [-0.05, 0) is 53.0 Å². The Morgan fingerprint density at radius 3 is 2.36 bits per heavy atom. The van der Waals surface area contributed by atoms with E-state index >= 15 is 0 Å². The molecule has 182 valence electrons. The van der Waals surface area contributed by atoms with Crippen LogP contribution in [-0.4, -0.2) is 43.2 Å². The Kier molecular flexibility index (Phi) is 11.4. The lowest BCUT2D eigenvalue weighted by Crippen LogP contribution is -2.30. The number of aromatic hydroxyl groups is 1. The largest absolute Gasteiger partial charge is 0.504 e. The average molecular weight is 586 g/mol. The molecule has 0 bridgehead atoms. The van der Waals surface area contributed by atoms with Gasteiger partial charge in [-0.25, -0.2) is 17.9 Å². The van der Waals surface area contributed by atoms with E-state index in [0.717, 1.165) is 0 Å². The first-order valence-corrected chi connectivity index (χ1v) is 12.0. The van der Waals surface area contributed by atoms with Crippen LogP contribution >= 0.6 is 39.9 Å². The predicted octanol–water partition coefficient (Wildman–Crippen LogP) is 3.73. The molecule has 0 saturated carbocycles. The molecule has 2 amide bonds. The van der Waals surface area contributed by atoms with Crippen molar-refractivity contribution in [2.75, 3.05) is 17.2 Å². The van der Waals surface area contributed by atoms with Crippen LogP contribution in [0.3, 0.4) is 0 Å². The number of amides is 2. The number of rotatable bonds is 10. The molecule has 1 unspecified atom stereocenters. The van der Waals surface area contributed by atoms with E-state index in [1.165, 1.54) is 12.1 Å². The molecule has 0 heterocycles. The van der Waals surface area contributed by atoms with Crippen molar-refractivity contribution in [3.8, 4) is 5.75 Å². The minimum Gasteiger partial charge on any atom is -0.504 e. The number of sulfonamides is 1. The number of phenols is 1. The van der Waals surface area contributed by atoms with Gasteiger partial charge in [-0.3, -0.25) is 4.79 Å². The maximum atomic E-state index is 12.6. The minimum atomic E-state index is -4.22. The third-order valence-corrected chi connectivity index (χ3v) is 6.93. The molecule has 2 aromatic rings. The van der Waals surface area contributed by atoms with Gasteiger partial charge in [0.2, 0.25) is 10.0 Å². The molecule has 0 aliphatic rings. The van der Waals surface area contributed by atoms with Crippen molar-refractivity contribution in [3.63, 3.8) is 0 Å². The Morgan fingerprint density at radius 1 is 1.09 bits per heavy atom. The first-order chi connectivity index (χ1) is 15.0. The maximum absolute atomic E-state index is 12.6. The van der Waals surface area contributed by atoms with Crippen molar-refractivity contribution in [1.29, 1.82) is 0 Å². The number of nitrogens with one attached hydrogen (secondary N) is 3. The quantitative estimate of drug-likeness (QED) is 0.182. The van der Waals surface area contributed by atoms with Crippen LogP contribution in [0, 0.1) is 0 Å². The molecule has 14 heteroatoms. The van der Waals surface area contributed by atoms with Crippen molar-refractivity contribution in [2.45, 2.75) is 30.2 Å². The summed E-state index contributed by atoms with van der Waals surface area (Å²) in [5, 5.41) is 23.9. The predicted molar refractivity (Wildman–Crippen MR) is 132 cm³/mol. The number of carbonyl (C=O) groups is 2. The first kappa shape index (κ1) is 28.9. The molecule has 1 atom stereocenters. The number of hydrogen-bond acceptors (Lipinski definition) is 6. The second-order valence-corrected chi connectivity index (χ2v) is 9.64. The van der Waals surface area contributed by atoms with E-state index < -0.39 is 38.7 Å². The minimum absolute atomic E-state index is 0. The lowest BCUT2D eigenvalue weighted by Gasteiger charge is -2.15. The van der Waals surface area contributed by atoms with Crippen molar-refractivity contribution in [2.24, 2.45) is 5.73 Å². The molecule has 0 radical (unpaired) electrons. The van der Waals surface area contributed by atoms with Crippen LogP contribution in [-0.2, 0) is 14.8 Å². The summed E-state index contributed by atoms with van der Waals surface area (Å²) in [6, 6.07) is 7.63. The van der Waals surface area contributed by atoms with Crippen molar-refractivity contribution < 1.29 is 28.2 Å². The standard InChI is InChI=1S/C19H22BrClN4O6S.ClH/c20-11-5-1-2-7-14(11)24-19(29)25-15-9-8-12(21)17(16(15)26)32(30,31)23-10-4-3-6-13(22)18(27)28;/h1-2,5,7-9,13,23,26H,3-4,6,10,22H2,(H,27,28)(H2,24,25,29);1H. The van der Waals surface area contributed by atoms with Crippen LogP contribution in [0.5, 0.6) is 5.75 Å². The third kappa shape index (κ3) is 8.32. The highest BCUT2D eigenvalue weighted by Gasteiger charge is 2.25. The fraction of sp³-hybridized carbons (Fsp3) is 0.263. The number of carbonyl (C=O) groups excluding carboxylic acids is 1. The molecular formula is C19H23BrCl2N4O6S. The Labute approximate surface area is 210 Å². The van der Waals surface area contributed by atoms with Crippen molar-refractivity contribution >= 4 is 73.3 Å². The summed E-state index contributed by atoms with van der Waals surface area (Å²) in [4.78, 5) is 22.4. The molecule has 7 N–H and O–H groups in total. The van der Waals surface area contributed by atoms with Crippen LogP contribution in [0.25, 0.3) is 0 Å². The normalized spacial score (nSPS) is 11.8. The molecule has 0 spiro atoms. The highest BCUT2D eigenvalue weighted by atomic mass is 79.9. The highest BCUT2D eigenvalue weighted by Crippen LogP contribution is 2.37. The van der Waals surface area contributed by atoms with Gasteiger partial charge in [-0.15, -0.1) is 12.4 Å².